The number of hydrogen-bond donors (Lipinski definition) is 1. The van der Waals surface area contributed by atoms with Crippen molar-refractivity contribution in [2.24, 2.45) is 0 Å². The largest absolute Gasteiger partial charge is 0.481 e. The molecule has 0 spiro atoms. The Morgan fingerprint density at radius 2 is 2.00 bits per heavy atom. The summed E-state index contributed by atoms with van der Waals surface area (Å²) in [6.45, 7) is 12.1. The summed E-state index contributed by atoms with van der Waals surface area (Å²) in [4.78, 5) is 2.37. The van der Waals surface area contributed by atoms with Gasteiger partial charge in [-0.1, -0.05) is 37.8 Å². The first-order chi connectivity index (χ1) is 10.2. The minimum absolute atomic E-state index is 0.467. The van der Waals surface area contributed by atoms with Gasteiger partial charge in [0.25, 0.3) is 0 Å². The molecule has 0 bridgehead atoms. The first-order valence-electron chi connectivity index (χ1n) is 7.79. The molecule has 1 N–H and O–H groups in total. The second-order valence-corrected chi connectivity index (χ2v) is 5.86. The lowest BCUT2D eigenvalue weighted by Gasteiger charge is -2.24. The van der Waals surface area contributed by atoms with Crippen molar-refractivity contribution in [3.05, 3.63) is 29.3 Å². The molecule has 0 amide bonds. The van der Waals surface area contributed by atoms with Crippen LogP contribution < -0.4 is 10.1 Å². The molecule has 2 rings (SSSR count). The van der Waals surface area contributed by atoms with Gasteiger partial charge in [-0.25, -0.2) is 0 Å². The molecule has 21 heavy (non-hydrogen) atoms. The van der Waals surface area contributed by atoms with E-state index in [1.807, 2.05) is 0 Å². The summed E-state index contributed by atoms with van der Waals surface area (Å²) >= 11 is 0. The molecule has 0 unspecified atom stereocenters. The Labute approximate surface area is 128 Å². The van der Waals surface area contributed by atoms with Crippen LogP contribution in [-0.2, 0) is 0 Å². The lowest BCUT2D eigenvalue weighted by molar-refractivity contribution is 0.268. The summed E-state index contributed by atoms with van der Waals surface area (Å²) in [5, 5.41) is 3.35. The number of ether oxygens (including phenoxy) is 1. The van der Waals surface area contributed by atoms with Gasteiger partial charge in [0.15, 0.2) is 0 Å². The third kappa shape index (κ3) is 5.08. The molecular weight excluding hydrogens is 260 g/mol. The van der Waals surface area contributed by atoms with E-state index in [2.05, 4.69) is 61.0 Å². The van der Waals surface area contributed by atoms with E-state index in [0.29, 0.717) is 12.5 Å². The molecule has 1 saturated heterocycles. The number of aryl methyl sites for hydroxylation is 1. The summed E-state index contributed by atoms with van der Waals surface area (Å²) in [6, 6.07) is 6.40. The second kappa shape index (κ2) is 8.07. The van der Waals surface area contributed by atoms with E-state index in [4.69, 9.17) is 4.74 Å². The smallest absolute Gasteiger partial charge is 0.149 e. The highest BCUT2D eigenvalue weighted by molar-refractivity contribution is 5.39. The molecule has 0 saturated carbocycles. The second-order valence-electron chi connectivity index (χ2n) is 5.86. The van der Waals surface area contributed by atoms with E-state index < -0.39 is 0 Å². The molecule has 0 atom stereocenters. The fourth-order valence-electron chi connectivity index (χ4n) is 2.45. The van der Waals surface area contributed by atoms with Crippen LogP contribution in [0.3, 0.4) is 0 Å². The minimum Gasteiger partial charge on any atom is -0.481 e. The van der Waals surface area contributed by atoms with E-state index in [0.717, 1.165) is 38.5 Å². The standard InChI is InChI=1S/C18H26N2O/c1-15(2)17-7-6-16(3)14-18(17)21-13-5-4-10-20-11-8-19-9-12-20/h6-7,14-15,19H,8-13H2,1-3H3. The van der Waals surface area contributed by atoms with Crippen LogP contribution >= 0.6 is 0 Å². The van der Waals surface area contributed by atoms with Gasteiger partial charge in [-0.3, -0.25) is 4.90 Å². The highest BCUT2D eigenvalue weighted by atomic mass is 16.5. The number of nitrogens with one attached hydrogen (secondary N) is 1. The van der Waals surface area contributed by atoms with Crippen molar-refractivity contribution in [2.75, 3.05) is 39.3 Å². The Kier molecular flexibility index (Phi) is 6.10. The van der Waals surface area contributed by atoms with E-state index in [9.17, 15) is 0 Å². The van der Waals surface area contributed by atoms with Gasteiger partial charge in [0.1, 0.15) is 12.4 Å². The van der Waals surface area contributed by atoms with Crippen LogP contribution in [-0.4, -0.2) is 44.2 Å². The first-order valence-corrected chi connectivity index (χ1v) is 7.79. The summed E-state index contributed by atoms with van der Waals surface area (Å²) in [5.41, 5.74) is 2.48. The maximum atomic E-state index is 5.86. The van der Waals surface area contributed by atoms with Crippen LogP contribution in [0.4, 0.5) is 0 Å². The number of benzene rings is 1. The monoisotopic (exact) mass is 286 g/mol. The topological polar surface area (TPSA) is 24.5 Å². The van der Waals surface area contributed by atoms with E-state index in [1.54, 1.807) is 0 Å². The van der Waals surface area contributed by atoms with Crippen LogP contribution in [0.5, 0.6) is 5.75 Å². The molecule has 1 aliphatic rings. The summed E-state index contributed by atoms with van der Waals surface area (Å²) in [6.07, 6.45) is 0. The highest BCUT2D eigenvalue weighted by Gasteiger charge is 2.08. The SMILES string of the molecule is Cc1ccc(C(C)C)c(OCC#CCN2CCNCC2)c1. The van der Waals surface area contributed by atoms with Crippen LogP contribution in [0.25, 0.3) is 0 Å². The van der Waals surface area contributed by atoms with Crippen LogP contribution in [0.1, 0.15) is 30.9 Å². The fraction of sp³-hybridized carbons (Fsp3) is 0.556. The molecule has 3 heteroatoms. The molecule has 0 aromatic heterocycles. The number of piperazine rings is 1. The molecule has 1 aliphatic heterocycles. The summed E-state index contributed by atoms with van der Waals surface area (Å²) in [7, 11) is 0. The Morgan fingerprint density at radius 1 is 1.24 bits per heavy atom. The Hall–Kier alpha value is -1.50. The Morgan fingerprint density at radius 3 is 2.71 bits per heavy atom. The number of rotatable bonds is 4. The maximum absolute atomic E-state index is 5.86. The van der Waals surface area contributed by atoms with Gasteiger partial charge in [0, 0.05) is 26.2 Å². The summed E-state index contributed by atoms with van der Waals surface area (Å²) in [5.74, 6) is 7.78. The average Bonchev–Trinajstić information content (AvgIpc) is 2.48. The van der Waals surface area contributed by atoms with E-state index in [1.165, 1.54) is 11.1 Å². The first kappa shape index (κ1) is 15.9. The minimum atomic E-state index is 0.467. The molecule has 1 aromatic carbocycles. The Bertz CT molecular complexity index is 508. The predicted octanol–water partition coefficient (Wildman–Crippen LogP) is 2.41. The molecule has 1 fully saturated rings. The van der Waals surface area contributed by atoms with Crippen LogP contribution in [0, 0.1) is 18.8 Å². The van der Waals surface area contributed by atoms with Gasteiger partial charge in [-0.15, -0.1) is 0 Å². The van der Waals surface area contributed by atoms with E-state index in [-0.39, 0.29) is 0 Å². The molecule has 0 radical (unpaired) electrons. The van der Waals surface area contributed by atoms with Gasteiger partial charge < -0.3 is 10.1 Å². The fourth-order valence-corrected chi connectivity index (χ4v) is 2.45. The lowest BCUT2D eigenvalue weighted by Crippen LogP contribution is -2.43. The van der Waals surface area contributed by atoms with Gasteiger partial charge in [0.05, 0.1) is 6.54 Å². The highest BCUT2D eigenvalue weighted by Crippen LogP contribution is 2.27. The van der Waals surface area contributed by atoms with Gasteiger partial charge in [-0.2, -0.15) is 0 Å². The van der Waals surface area contributed by atoms with Crippen molar-refractivity contribution in [1.29, 1.82) is 0 Å². The van der Waals surface area contributed by atoms with Crippen molar-refractivity contribution in [1.82, 2.24) is 10.2 Å². The molecule has 114 valence electrons. The molecule has 3 nitrogen and oxygen atoms in total. The zero-order chi connectivity index (χ0) is 15.1. The third-order valence-corrected chi connectivity index (χ3v) is 3.73. The molecule has 0 aliphatic carbocycles. The average molecular weight is 286 g/mol. The van der Waals surface area contributed by atoms with Crippen molar-refractivity contribution in [3.8, 4) is 17.6 Å². The molecule has 1 heterocycles. The molecule has 1 aromatic rings. The zero-order valence-corrected chi connectivity index (χ0v) is 13.4. The Balaban J connectivity index is 1.84. The van der Waals surface area contributed by atoms with Crippen LogP contribution in [0.2, 0.25) is 0 Å². The van der Waals surface area contributed by atoms with Gasteiger partial charge in [0.2, 0.25) is 0 Å². The normalized spacial score (nSPS) is 15.6. The van der Waals surface area contributed by atoms with Gasteiger partial charge >= 0.3 is 0 Å². The third-order valence-electron chi connectivity index (χ3n) is 3.73. The van der Waals surface area contributed by atoms with Crippen molar-refractivity contribution < 1.29 is 4.74 Å². The lowest BCUT2D eigenvalue weighted by atomic mass is 10.0. The van der Waals surface area contributed by atoms with Crippen molar-refractivity contribution in [2.45, 2.75) is 26.7 Å². The zero-order valence-electron chi connectivity index (χ0n) is 13.4. The summed E-state index contributed by atoms with van der Waals surface area (Å²) < 4.78 is 5.86. The number of nitrogens with zero attached hydrogens (tertiary/aromatic N) is 1. The van der Waals surface area contributed by atoms with Crippen molar-refractivity contribution in [3.63, 3.8) is 0 Å². The van der Waals surface area contributed by atoms with E-state index >= 15 is 0 Å². The predicted molar refractivity (Wildman–Crippen MR) is 87.8 cm³/mol. The van der Waals surface area contributed by atoms with Gasteiger partial charge in [-0.05, 0) is 30.0 Å². The molecular formula is C18H26N2O. The quantitative estimate of drug-likeness (QED) is 0.860. The van der Waals surface area contributed by atoms with Crippen molar-refractivity contribution >= 4 is 0 Å². The van der Waals surface area contributed by atoms with Crippen LogP contribution in [0.15, 0.2) is 18.2 Å². The number of hydrogen-bond acceptors (Lipinski definition) is 3. The maximum Gasteiger partial charge on any atom is 0.149 e.